The second-order valence-corrected chi connectivity index (χ2v) is 8.58. The zero-order valence-electron chi connectivity index (χ0n) is 19.0. The molecule has 1 unspecified atom stereocenters. The molecule has 2 amide bonds. The van der Waals surface area contributed by atoms with Crippen molar-refractivity contribution in [2.75, 3.05) is 11.9 Å². The molecule has 0 spiro atoms. The fraction of sp³-hybridized carbons (Fsp3) is 0.296. The molecule has 2 heterocycles. The van der Waals surface area contributed by atoms with E-state index in [2.05, 4.69) is 51.7 Å². The third kappa shape index (κ3) is 6.26. The minimum atomic E-state index is -0.175. The normalized spacial score (nSPS) is 16.2. The van der Waals surface area contributed by atoms with Crippen LogP contribution in [0.2, 0.25) is 0 Å². The van der Waals surface area contributed by atoms with Crippen molar-refractivity contribution >= 4 is 17.5 Å². The number of carbonyl (C=O) groups is 2. The summed E-state index contributed by atoms with van der Waals surface area (Å²) in [6.45, 7) is 4.27. The van der Waals surface area contributed by atoms with Crippen molar-refractivity contribution in [3.63, 3.8) is 0 Å². The van der Waals surface area contributed by atoms with Gasteiger partial charge in [0.25, 0.3) is 5.91 Å². The Hall–Kier alpha value is -3.51. The van der Waals surface area contributed by atoms with Gasteiger partial charge in [-0.25, -0.2) is 0 Å². The van der Waals surface area contributed by atoms with E-state index < -0.39 is 0 Å². The number of pyridine rings is 1. The van der Waals surface area contributed by atoms with Crippen molar-refractivity contribution in [2.24, 2.45) is 0 Å². The van der Waals surface area contributed by atoms with Crippen molar-refractivity contribution < 1.29 is 9.59 Å². The molecule has 170 valence electrons. The lowest BCUT2D eigenvalue weighted by atomic mass is 10.00. The van der Waals surface area contributed by atoms with Crippen molar-refractivity contribution in [1.29, 1.82) is 0 Å². The number of hydrogen-bond acceptors (Lipinski definition) is 4. The van der Waals surface area contributed by atoms with Gasteiger partial charge in [0.15, 0.2) is 0 Å². The van der Waals surface area contributed by atoms with E-state index >= 15 is 0 Å². The maximum Gasteiger partial charge on any atom is 0.255 e. The molecule has 4 rings (SSSR count). The smallest absolute Gasteiger partial charge is 0.255 e. The van der Waals surface area contributed by atoms with Crippen molar-refractivity contribution in [1.82, 2.24) is 15.2 Å². The van der Waals surface area contributed by atoms with Gasteiger partial charge in [-0.05, 0) is 61.7 Å². The van der Waals surface area contributed by atoms with E-state index in [1.54, 1.807) is 36.7 Å². The fourth-order valence-electron chi connectivity index (χ4n) is 4.24. The highest BCUT2D eigenvalue weighted by Gasteiger charge is 2.28. The van der Waals surface area contributed by atoms with E-state index in [1.807, 2.05) is 12.1 Å². The summed E-state index contributed by atoms with van der Waals surface area (Å²) in [6.07, 6.45) is 6.35. The Morgan fingerprint density at radius 3 is 2.55 bits per heavy atom. The molecule has 0 radical (unpaired) electrons. The van der Waals surface area contributed by atoms with Crippen LogP contribution in [0.4, 0.5) is 5.69 Å². The summed E-state index contributed by atoms with van der Waals surface area (Å²) in [7, 11) is 0. The number of piperidine rings is 1. The van der Waals surface area contributed by atoms with Gasteiger partial charge in [0.1, 0.15) is 0 Å². The molecule has 1 aliphatic heterocycles. The molecule has 1 atom stereocenters. The van der Waals surface area contributed by atoms with Gasteiger partial charge in [0.2, 0.25) is 5.91 Å². The van der Waals surface area contributed by atoms with Crippen LogP contribution in [0.25, 0.3) is 0 Å². The van der Waals surface area contributed by atoms with Gasteiger partial charge < -0.3 is 10.6 Å². The highest BCUT2D eigenvalue weighted by atomic mass is 16.2. The van der Waals surface area contributed by atoms with Gasteiger partial charge in [-0.2, -0.15) is 0 Å². The average Bonchev–Trinajstić information content (AvgIpc) is 2.84. The number of carbonyl (C=O) groups excluding carboxylic acids is 2. The van der Waals surface area contributed by atoms with Crippen LogP contribution in [0, 0.1) is 6.92 Å². The number of hydrogen-bond donors (Lipinski definition) is 2. The summed E-state index contributed by atoms with van der Waals surface area (Å²) >= 11 is 0. The SMILES string of the molecule is Cc1cccc(CN2CCCCC2C(=O)NCc2ccc(C(=O)Nc3ccncc3)cc2)c1. The van der Waals surface area contributed by atoms with Gasteiger partial charge in [-0.15, -0.1) is 0 Å². The summed E-state index contributed by atoms with van der Waals surface area (Å²) in [5, 5.41) is 5.94. The molecule has 6 heteroatoms. The standard InChI is InChI=1S/C27H30N4O2/c1-20-5-4-6-22(17-20)19-31-16-3-2-7-25(31)27(33)29-18-21-8-10-23(11-9-21)26(32)30-24-12-14-28-15-13-24/h4-6,8-15,17,25H,2-3,7,16,18-19H2,1H3,(H,29,33)(H,28,30,32). The van der Waals surface area contributed by atoms with Crippen molar-refractivity contribution in [3.8, 4) is 0 Å². The summed E-state index contributed by atoms with van der Waals surface area (Å²) < 4.78 is 0. The van der Waals surface area contributed by atoms with Gasteiger partial charge in [0.05, 0.1) is 6.04 Å². The van der Waals surface area contributed by atoms with Gasteiger partial charge >= 0.3 is 0 Å². The summed E-state index contributed by atoms with van der Waals surface area (Å²) in [4.78, 5) is 31.6. The zero-order chi connectivity index (χ0) is 23.0. The van der Waals surface area contributed by atoms with E-state index in [1.165, 1.54) is 11.1 Å². The van der Waals surface area contributed by atoms with Gasteiger partial charge in [-0.1, -0.05) is 48.4 Å². The number of rotatable bonds is 7. The summed E-state index contributed by atoms with van der Waals surface area (Å²) in [5.41, 5.74) is 4.72. The predicted octanol–water partition coefficient (Wildman–Crippen LogP) is 4.31. The van der Waals surface area contributed by atoms with Crippen LogP contribution in [0.1, 0.15) is 46.3 Å². The molecule has 1 aliphatic rings. The summed E-state index contributed by atoms with van der Waals surface area (Å²) in [5.74, 6) is -0.104. The highest BCUT2D eigenvalue weighted by molar-refractivity contribution is 6.04. The quantitative estimate of drug-likeness (QED) is 0.572. The Morgan fingerprint density at radius 2 is 1.79 bits per heavy atom. The lowest BCUT2D eigenvalue weighted by Gasteiger charge is -2.34. The zero-order valence-corrected chi connectivity index (χ0v) is 19.0. The molecule has 0 saturated carbocycles. The number of anilines is 1. The first-order chi connectivity index (χ1) is 16.1. The van der Waals surface area contributed by atoms with Crippen LogP contribution in [-0.4, -0.2) is 34.3 Å². The highest BCUT2D eigenvalue weighted by Crippen LogP contribution is 2.20. The van der Waals surface area contributed by atoms with Gasteiger partial charge in [-0.3, -0.25) is 19.5 Å². The molecule has 0 bridgehead atoms. The van der Waals surface area contributed by atoms with Crippen LogP contribution in [-0.2, 0) is 17.9 Å². The average molecular weight is 443 g/mol. The predicted molar refractivity (Wildman–Crippen MR) is 130 cm³/mol. The van der Waals surface area contributed by atoms with E-state index in [9.17, 15) is 9.59 Å². The molecule has 2 aromatic carbocycles. The minimum absolute atomic E-state index is 0.0712. The largest absolute Gasteiger partial charge is 0.351 e. The Balaban J connectivity index is 1.32. The molecule has 0 aliphatic carbocycles. The molecular formula is C27H30N4O2. The lowest BCUT2D eigenvalue weighted by Crippen LogP contribution is -2.48. The van der Waals surface area contributed by atoms with E-state index in [4.69, 9.17) is 0 Å². The number of amides is 2. The topological polar surface area (TPSA) is 74.3 Å². The molecule has 3 aromatic rings. The first-order valence-electron chi connectivity index (χ1n) is 11.5. The maximum absolute atomic E-state index is 13.0. The molecule has 1 saturated heterocycles. The molecule has 1 aromatic heterocycles. The number of aromatic nitrogens is 1. The van der Waals surface area contributed by atoms with Crippen LogP contribution in [0.15, 0.2) is 73.1 Å². The first-order valence-corrected chi connectivity index (χ1v) is 11.5. The number of benzene rings is 2. The maximum atomic E-state index is 13.0. The fourth-order valence-corrected chi connectivity index (χ4v) is 4.24. The number of likely N-dealkylation sites (tertiary alicyclic amines) is 1. The van der Waals surface area contributed by atoms with Crippen molar-refractivity contribution in [3.05, 3.63) is 95.3 Å². The van der Waals surface area contributed by atoms with Crippen LogP contribution >= 0.6 is 0 Å². The third-order valence-corrected chi connectivity index (χ3v) is 6.01. The monoisotopic (exact) mass is 442 g/mol. The van der Waals surface area contributed by atoms with Crippen LogP contribution in [0.3, 0.4) is 0 Å². The molecule has 2 N–H and O–H groups in total. The summed E-state index contributed by atoms with van der Waals surface area (Å²) in [6, 6.07) is 19.2. The molecule has 1 fully saturated rings. The Kier molecular flexibility index (Phi) is 7.47. The van der Waals surface area contributed by atoms with E-state index in [0.29, 0.717) is 17.8 Å². The number of nitrogens with zero attached hydrogens (tertiary/aromatic N) is 2. The van der Waals surface area contributed by atoms with Gasteiger partial charge in [0, 0.05) is 36.7 Å². The van der Waals surface area contributed by atoms with E-state index in [0.717, 1.165) is 37.9 Å². The van der Waals surface area contributed by atoms with Crippen LogP contribution in [0.5, 0.6) is 0 Å². The van der Waals surface area contributed by atoms with Crippen molar-refractivity contribution in [2.45, 2.75) is 45.3 Å². The Bertz CT molecular complexity index is 1080. The molecule has 33 heavy (non-hydrogen) atoms. The number of nitrogens with one attached hydrogen (secondary N) is 2. The second kappa shape index (κ2) is 10.9. The third-order valence-electron chi connectivity index (χ3n) is 6.01. The molecule has 6 nitrogen and oxygen atoms in total. The Morgan fingerprint density at radius 1 is 1.00 bits per heavy atom. The van der Waals surface area contributed by atoms with E-state index in [-0.39, 0.29) is 17.9 Å². The minimum Gasteiger partial charge on any atom is -0.351 e. The lowest BCUT2D eigenvalue weighted by molar-refractivity contribution is -0.128. The first kappa shape index (κ1) is 22.7. The Labute approximate surface area is 195 Å². The second-order valence-electron chi connectivity index (χ2n) is 8.58. The number of aryl methyl sites for hydroxylation is 1. The molecular weight excluding hydrogens is 412 g/mol. The van der Waals surface area contributed by atoms with Crippen LogP contribution < -0.4 is 10.6 Å².